The van der Waals surface area contributed by atoms with Crippen LogP contribution in [0.3, 0.4) is 0 Å². The topological polar surface area (TPSA) is 9.23 Å². The first kappa shape index (κ1) is 7.99. The Bertz CT molecular complexity index is 103. The molecule has 0 N–H and O–H groups in total. The summed E-state index contributed by atoms with van der Waals surface area (Å²) in [5, 5.41) is 0. The van der Waals surface area contributed by atoms with Crippen LogP contribution in [0.4, 0.5) is 4.39 Å². The molecule has 0 saturated carbocycles. The van der Waals surface area contributed by atoms with Crippen LogP contribution in [0.15, 0.2) is 0 Å². The number of halogens is 1. The summed E-state index contributed by atoms with van der Waals surface area (Å²) in [7, 11) is 0. The van der Waals surface area contributed by atoms with Crippen molar-refractivity contribution in [2.24, 2.45) is 5.92 Å². The smallest absolute Gasteiger partial charge is 0.105 e. The van der Waals surface area contributed by atoms with Gasteiger partial charge in [0.05, 0.1) is 6.10 Å². The fraction of sp³-hybridized carbons (Fsp3) is 1.00. The Balaban J connectivity index is 2.32. The van der Waals surface area contributed by atoms with Crippen LogP contribution in [0.25, 0.3) is 0 Å². The molecule has 0 spiro atoms. The molecule has 0 aromatic carbocycles. The van der Waals surface area contributed by atoms with Gasteiger partial charge in [-0.15, -0.1) is 0 Å². The highest BCUT2D eigenvalue weighted by atomic mass is 19.1. The molecule has 1 aliphatic heterocycles. The van der Waals surface area contributed by atoms with E-state index in [4.69, 9.17) is 4.74 Å². The zero-order valence-electron chi connectivity index (χ0n) is 6.64. The van der Waals surface area contributed by atoms with E-state index in [1.807, 2.05) is 0 Å². The van der Waals surface area contributed by atoms with Crippen LogP contribution in [0.5, 0.6) is 0 Å². The van der Waals surface area contributed by atoms with E-state index >= 15 is 0 Å². The largest absolute Gasteiger partial charge is 0.378 e. The highest BCUT2D eigenvalue weighted by Crippen LogP contribution is 2.21. The Morgan fingerprint density at radius 3 is 2.60 bits per heavy atom. The molecule has 60 valence electrons. The minimum atomic E-state index is -0.624. The summed E-state index contributed by atoms with van der Waals surface area (Å²) in [6, 6.07) is 0. The monoisotopic (exact) mass is 146 g/mol. The molecular formula is C8H15FO. The maximum Gasteiger partial charge on any atom is 0.105 e. The van der Waals surface area contributed by atoms with Gasteiger partial charge in [0.25, 0.3) is 0 Å². The highest BCUT2D eigenvalue weighted by molar-refractivity contribution is 4.72. The van der Waals surface area contributed by atoms with Gasteiger partial charge in [0.2, 0.25) is 0 Å². The van der Waals surface area contributed by atoms with E-state index in [1.165, 1.54) is 0 Å². The second-order valence-corrected chi connectivity index (χ2v) is 3.27. The van der Waals surface area contributed by atoms with Gasteiger partial charge in [-0.3, -0.25) is 0 Å². The normalized spacial score (nSPS) is 34.8. The maximum atomic E-state index is 12.7. The minimum absolute atomic E-state index is 0.156. The maximum absolute atomic E-state index is 12.7. The second kappa shape index (κ2) is 3.33. The van der Waals surface area contributed by atoms with Crippen molar-refractivity contribution in [2.45, 2.75) is 39.0 Å². The number of hydrogen-bond donors (Lipinski definition) is 0. The summed E-state index contributed by atoms with van der Waals surface area (Å²) in [5.74, 6) is 0.457. The molecule has 0 aromatic rings. The standard InChI is InChI=1S/C8H15FO/c1-6(2)8-5-7(9)3-4-10-8/h6-8H,3-5H2,1-2H3/t7-,8+/m0/s1. The van der Waals surface area contributed by atoms with Gasteiger partial charge in [-0.2, -0.15) is 0 Å². The fourth-order valence-corrected chi connectivity index (χ4v) is 1.25. The molecule has 1 nitrogen and oxygen atoms in total. The first-order valence-corrected chi connectivity index (χ1v) is 3.96. The van der Waals surface area contributed by atoms with Crippen LogP contribution >= 0.6 is 0 Å². The van der Waals surface area contributed by atoms with Crippen molar-refractivity contribution < 1.29 is 9.13 Å². The molecule has 1 heterocycles. The van der Waals surface area contributed by atoms with Gasteiger partial charge in [-0.25, -0.2) is 4.39 Å². The molecular weight excluding hydrogens is 131 g/mol. The molecule has 0 aliphatic carbocycles. The molecule has 0 radical (unpaired) electrons. The summed E-state index contributed by atoms with van der Waals surface area (Å²) < 4.78 is 18.1. The molecule has 0 unspecified atom stereocenters. The molecule has 1 saturated heterocycles. The van der Waals surface area contributed by atoms with Crippen molar-refractivity contribution >= 4 is 0 Å². The van der Waals surface area contributed by atoms with Crippen LogP contribution in [-0.4, -0.2) is 18.9 Å². The van der Waals surface area contributed by atoms with Crippen molar-refractivity contribution in [3.63, 3.8) is 0 Å². The predicted molar refractivity (Wildman–Crippen MR) is 38.7 cm³/mol. The quantitative estimate of drug-likeness (QED) is 0.550. The van der Waals surface area contributed by atoms with Crippen molar-refractivity contribution in [3.8, 4) is 0 Å². The molecule has 0 amide bonds. The van der Waals surface area contributed by atoms with Crippen LogP contribution in [0.2, 0.25) is 0 Å². The third-order valence-electron chi connectivity index (χ3n) is 1.99. The third-order valence-corrected chi connectivity index (χ3v) is 1.99. The summed E-state index contributed by atoms with van der Waals surface area (Å²) in [5.41, 5.74) is 0. The van der Waals surface area contributed by atoms with Crippen LogP contribution < -0.4 is 0 Å². The molecule has 1 rings (SSSR count). The SMILES string of the molecule is CC(C)[C@H]1C[C@@H](F)CCO1. The van der Waals surface area contributed by atoms with Gasteiger partial charge in [-0.05, 0) is 5.92 Å². The van der Waals surface area contributed by atoms with E-state index in [9.17, 15) is 4.39 Å². The summed E-state index contributed by atoms with van der Waals surface area (Å²) in [6.45, 7) is 4.75. The molecule has 1 aliphatic rings. The first-order valence-electron chi connectivity index (χ1n) is 3.96. The second-order valence-electron chi connectivity index (χ2n) is 3.27. The van der Waals surface area contributed by atoms with Crippen molar-refractivity contribution in [2.75, 3.05) is 6.61 Å². The van der Waals surface area contributed by atoms with Crippen LogP contribution in [0, 0.1) is 5.92 Å². The number of ether oxygens (including phenoxy) is 1. The molecule has 0 aromatic heterocycles. The lowest BCUT2D eigenvalue weighted by Crippen LogP contribution is -2.30. The Labute approximate surface area is 61.6 Å². The van der Waals surface area contributed by atoms with E-state index in [2.05, 4.69) is 13.8 Å². The molecule has 0 bridgehead atoms. The first-order chi connectivity index (χ1) is 4.70. The van der Waals surface area contributed by atoms with Crippen molar-refractivity contribution in [3.05, 3.63) is 0 Å². The Kier molecular flexibility index (Phi) is 2.66. The van der Waals surface area contributed by atoms with E-state index in [-0.39, 0.29) is 6.10 Å². The highest BCUT2D eigenvalue weighted by Gasteiger charge is 2.23. The lowest BCUT2D eigenvalue weighted by atomic mass is 9.98. The molecule has 2 atom stereocenters. The van der Waals surface area contributed by atoms with Crippen molar-refractivity contribution in [1.29, 1.82) is 0 Å². The van der Waals surface area contributed by atoms with Gasteiger partial charge < -0.3 is 4.74 Å². The summed E-state index contributed by atoms with van der Waals surface area (Å²) in [6.07, 6.45) is 0.714. The van der Waals surface area contributed by atoms with Gasteiger partial charge in [-0.1, -0.05) is 13.8 Å². The zero-order valence-corrected chi connectivity index (χ0v) is 6.64. The lowest BCUT2D eigenvalue weighted by Gasteiger charge is -2.27. The summed E-state index contributed by atoms with van der Waals surface area (Å²) >= 11 is 0. The average molecular weight is 146 g/mol. The van der Waals surface area contributed by atoms with Gasteiger partial charge in [0.1, 0.15) is 6.17 Å². The molecule has 2 heteroatoms. The van der Waals surface area contributed by atoms with E-state index < -0.39 is 6.17 Å². The molecule has 1 fully saturated rings. The van der Waals surface area contributed by atoms with Gasteiger partial charge >= 0.3 is 0 Å². The van der Waals surface area contributed by atoms with E-state index in [0.717, 1.165) is 0 Å². The average Bonchev–Trinajstić information content (AvgIpc) is 1.88. The zero-order chi connectivity index (χ0) is 7.56. The van der Waals surface area contributed by atoms with Gasteiger partial charge in [0.15, 0.2) is 0 Å². The molecule has 10 heavy (non-hydrogen) atoms. The number of hydrogen-bond acceptors (Lipinski definition) is 1. The number of alkyl halides is 1. The van der Waals surface area contributed by atoms with Gasteiger partial charge in [0, 0.05) is 19.4 Å². The van der Waals surface area contributed by atoms with E-state index in [1.54, 1.807) is 0 Å². The lowest BCUT2D eigenvalue weighted by molar-refractivity contribution is -0.0411. The van der Waals surface area contributed by atoms with Crippen LogP contribution in [0.1, 0.15) is 26.7 Å². The summed E-state index contributed by atoms with van der Waals surface area (Å²) in [4.78, 5) is 0. The van der Waals surface area contributed by atoms with Crippen molar-refractivity contribution in [1.82, 2.24) is 0 Å². The Hall–Kier alpha value is -0.110. The van der Waals surface area contributed by atoms with E-state index in [0.29, 0.717) is 25.4 Å². The predicted octanol–water partition coefficient (Wildman–Crippen LogP) is 2.16. The minimum Gasteiger partial charge on any atom is -0.378 e. The Morgan fingerprint density at radius 1 is 1.50 bits per heavy atom. The fourth-order valence-electron chi connectivity index (χ4n) is 1.25. The number of rotatable bonds is 1. The third kappa shape index (κ3) is 1.94. The Morgan fingerprint density at radius 2 is 2.20 bits per heavy atom. The van der Waals surface area contributed by atoms with Crippen LogP contribution in [-0.2, 0) is 4.74 Å².